The van der Waals surface area contributed by atoms with Crippen LogP contribution in [0.15, 0.2) is 30.6 Å². The van der Waals surface area contributed by atoms with Gasteiger partial charge in [-0.2, -0.15) is 0 Å². The number of rotatable bonds is 3. The first-order chi connectivity index (χ1) is 12.5. The van der Waals surface area contributed by atoms with Gasteiger partial charge in [-0.1, -0.05) is 18.2 Å². The van der Waals surface area contributed by atoms with Gasteiger partial charge < -0.3 is 9.64 Å². The summed E-state index contributed by atoms with van der Waals surface area (Å²) in [6.45, 7) is 2.05. The fourth-order valence-electron chi connectivity index (χ4n) is 3.96. The van der Waals surface area contributed by atoms with Gasteiger partial charge >= 0.3 is 0 Å². The van der Waals surface area contributed by atoms with Gasteiger partial charge in [0.2, 0.25) is 0 Å². The monoisotopic (exact) mass is 373 g/mol. The van der Waals surface area contributed by atoms with E-state index in [0.717, 1.165) is 60.7 Å². The third-order valence-electron chi connectivity index (χ3n) is 5.07. The number of nitrogens with zero attached hydrogens (tertiary/aromatic N) is 3. The fraction of sp³-hybridized carbons (Fsp3) is 0.474. The average molecular weight is 373 g/mol. The maximum absolute atomic E-state index is 11.7. The topological polar surface area (TPSA) is 72.4 Å². The molecule has 0 unspecified atom stereocenters. The third kappa shape index (κ3) is 3.67. The van der Waals surface area contributed by atoms with Crippen LogP contribution in [0.25, 0.3) is 0 Å². The Bertz CT molecular complexity index is 914. The summed E-state index contributed by atoms with van der Waals surface area (Å²) in [6, 6.07) is 8.04. The van der Waals surface area contributed by atoms with Crippen molar-refractivity contribution in [3.05, 3.63) is 47.4 Å². The van der Waals surface area contributed by atoms with Crippen LogP contribution < -0.4 is 9.64 Å². The number of para-hydroxylation sites is 1. The number of fused-ring (bicyclic) bond motifs is 2. The molecule has 2 aromatic rings. The molecule has 0 N–H and O–H groups in total. The minimum Gasteiger partial charge on any atom is -0.487 e. The molecule has 1 atom stereocenters. The minimum absolute atomic E-state index is 0.152. The van der Waals surface area contributed by atoms with E-state index in [9.17, 15) is 8.42 Å². The van der Waals surface area contributed by atoms with Gasteiger partial charge in [0, 0.05) is 31.3 Å². The number of sulfone groups is 1. The zero-order valence-electron chi connectivity index (χ0n) is 14.9. The quantitative estimate of drug-likeness (QED) is 0.821. The van der Waals surface area contributed by atoms with Crippen molar-refractivity contribution >= 4 is 15.7 Å². The Kier molecular flexibility index (Phi) is 4.56. The first-order valence-corrected chi connectivity index (χ1v) is 11.0. The van der Waals surface area contributed by atoms with Crippen LogP contribution in [-0.2, 0) is 22.9 Å². The highest BCUT2D eigenvalue weighted by Gasteiger charge is 2.27. The van der Waals surface area contributed by atoms with E-state index in [1.165, 1.54) is 6.26 Å². The standard InChI is InChI=1S/C19H23N3O3S/c1-26(23,24)12-14-5-4-8-22(10-14)19-16-9-15-6-2-3-7-18(15)25-11-17(16)20-13-21-19/h2-3,6-7,13-14H,4-5,8-12H2,1H3/t14-/m0/s1. The molecule has 2 aliphatic rings. The van der Waals surface area contributed by atoms with Crippen molar-refractivity contribution in [1.29, 1.82) is 0 Å². The van der Waals surface area contributed by atoms with Gasteiger partial charge in [0.25, 0.3) is 0 Å². The normalized spacial score (nSPS) is 19.9. The van der Waals surface area contributed by atoms with Crippen molar-refractivity contribution in [2.45, 2.75) is 25.9 Å². The van der Waals surface area contributed by atoms with E-state index in [2.05, 4.69) is 20.9 Å². The predicted molar refractivity (Wildman–Crippen MR) is 100 cm³/mol. The van der Waals surface area contributed by atoms with Crippen LogP contribution in [0.2, 0.25) is 0 Å². The highest BCUT2D eigenvalue weighted by molar-refractivity contribution is 7.90. The van der Waals surface area contributed by atoms with Gasteiger partial charge in [-0.15, -0.1) is 0 Å². The summed E-state index contributed by atoms with van der Waals surface area (Å²) in [5, 5.41) is 0. The molecule has 0 spiro atoms. The van der Waals surface area contributed by atoms with Crippen LogP contribution in [0.3, 0.4) is 0 Å². The average Bonchev–Trinajstić information content (AvgIpc) is 2.79. The largest absolute Gasteiger partial charge is 0.487 e. The van der Waals surface area contributed by atoms with Crippen LogP contribution in [0.1, 0.15) is 29.7 Å². The zero-order valence-corrected chi connectivity index (χ0v) is 15.7. The highest BCUT2D eigenvalue weighted by Crippen LogP contribution is 2.33. The Morgan fingerprint density at radius 3 is 2.96 bits per heavy atom. The number of ether oxygens (including phenoxy) is 1. The van der Waals surface area contributed by atoms with Crippen LogP contribution in [0.4, 0.5) is 5.82 Å². The Morgan fingerprint density at radius 2 is 2.12 bits per heavy atom. The second-order valence-electron chi connectivity index (χ2n) is 7.24. The van der Waals surface area contributed by atoms with E-state index in [1.54, 1.807) is 6.33 Å². The lowest BCUT2D eigenvalue weighted by Crippen LogP contribution is -2.39. The first-order valence-electron chi connectivity index (χ1n) is 8.96. The molecule has 2 aliphatic heterocycles. The molecule has 4 rings (SSSR count). The Morgan fingerprint density at radius 1 is 1.27 bits per heavy atom. The van der Waals surface area contributed by atoms with E-state index in [4.69, 9.17) is 4.74 Å². The molecule has 1 aromatic heterocycles. The predicted octanol–water partition coefficient (Wildman–Crippen LogP) is 2.22. The summed E-state index contributed by atoms with van der Waals surface area (Å²) in [5.41, 5.74) is 3.14. The van der Waals surface area contributed by atoms with Crippen molar-refractivity contribution in [3.8, 4) is 5.75 Å². The number of hydrogen-bond acceptors (Lipinski definition) is 6. The summed E-state index contributed by atoms with van der Waals surface area (Å²) >= 11 is 0. The number of anilines is 1. The fourth-order valence-corrected chi connectivity index (χ4v) is 5.09. The molecule has 26 heavy (non-hydrogen) atoms. The first kappa shape index (κ1) is 17.3. The van der Waals surface area contributed by atoms with Crippen molar-refractivity contribution < 1.29 is 13.2 Å². The van der Waals surface area contributed by atoms with E-state index < -0.39 is 9.84 Å². The smallest absolute Gasteiger partial charge is 0.147 e. The van der Waals surface area contributed by atoms with Gasteiger partial charge in [-0.05, 0) is 30.4 Å². The molecule has 1 aromatic carbocycles. The summed E-state index contributed by atoms with van der Waals surface area (Å²) in [5.74, 6) is 2.21. The molecular weight excluding hydrogens is 350 g/mol. The van der Waals surface area contributed by atoms with Crippen LogP contribution >= 0.6 is 0 Å². The lowest BCUT2D eigenvalue weighted by Gasteiger charge is -2.34. The number of piperidine rings is 1. The molecule has 3 heterocycles. The molecule has 1 saturated heterocycles. The van der Waals surface area contributed by atoms with Gasteiger partial charge in [0.15, 0.2) is 0 Å². The third-order valence-corrected chi connectivity index (χ3v) is 6.15. The van der Waals surface area contributed by atoms with Crippen molar-refractivity contribution in [2.75, 3.05) is 30.0 Å². The van der Waals surface area contributed by atoms with Gasteiger partial charge in [0.1, 0.15) is 34.3 Å². The molecule has 0 amide bonds. The molecular formula is C19H23N3O3S. The molecule has 1 fully saturated rings. The summed E-state index contributed by atoms with van der Waals surface area (Å²) in [6.07, 6.45) is 5.56. The SMILES string of the molecule is CS(=O)(=O)C[C@H]1CCCN(c2ncnc3c2Cc2ccccc2OC3)C1. The van der Waals surface area contributed by atoms with Gasteiger partial charge in [0.05, 0.1) is 11.4 Å². The van der Waals surface area contributed by atoms with E-state index in [0.29, 0.717) is 6.61 Å². The molecule has 0 aliphatic carbocycles. The lowest BCUT2D eigenvalue weighted by molar-refractivity contribution is 0.302. The van der Waals surface area contributed by atoms with E-state index in [1.807, 2.05) is 18.2 Å². The lowest BCUT2D eigenvalue weighted by atomic mass is 9.98. The van der Waals surface area contributed by atoms with E-state index >= 15 is 0 Å². The second-order valence-corrected chi connectivity index (χ2v) is 9.43. The van der Waals surface area contributed by atoms with Gasteiger partial charge in [-0.25, -0.2) is 18.4 Å². The van der Waals surface area contributed by atoms with Crippen molar-refractivity contribution in [1.82, 2.24) is 9.97 Å². The summed E-state index contributed by atoms with van der Waals surface area (Å²) in [7, 11) is -2.97. The molecule has 6 nitrogen and oxygen atoms in total. The second kappa shape index (κ2) is 6.87. The number of benzene rings is 1. The number of aromatic nitrogens is 2. The maximum atomic E-state index is 11.7. The van der Waals surface area contributed by atoms with E-state index in [-0.39, 0.29) is 11.7 Å². The summed E-state index contributed by atoms with van der Waals surface area (Å²) in [4.78, 5) is 11.2. The highest BCUT2D eigenvalue weighted by atomic mass is 32.2. The number of hydrogen-bond donors (Lipinski definition) is 0. The molecule has 138 valence electrons. The zero-order chi connectivity index (χ0) is 18.1. The van der Waals surface area contributed by atoms with Crippen molar-refractivity contribution in [3.63, 3.8) is 0 Å². The molecule has 0 saturated carbocycles. The van der Waals surface area contributed by atoms with Crippen LogP contribution in [-0.4, -0.2) is 43.5 Å². The van der Waals surface area contributed by atoms with Crippen LogP contribution in [0, 0.1) is 5.92 Å². The Labute approximate surface area is 154 Å². The van der Waals surface area contributed by atoms with Crippen LogP contribution in [0.5, 0.6) is 5.75 Å². The molecule has 0 bridgehead atoms. The Hall–Kier alpha value is -2.15. The minimum atomic E-state index is -2.97. The summed E-state index contributed by atoms with van der Waals surface area (Å²) < 4.78 is 29.3. The maximum Gasteiger partial charge on any atom is 0.147 e. The van der Waals surface area contributed by atoms with Gasteiger partial charge in [-0.3, -0.25) is 0 Å². The van der Waals surface area contributed by atoms with Crippen molar-refractivity contribution in [2.24, 2.45) is 5.92 Å². The molecule has 0 radical (unpaired) electrons. The Balaban J connectivity index is 1.64. The molecule has 7 heteroatoms.